The van der Waals surface area contributed by atoms with Crippen molar-refractivity contribution < 1.29 is 24.8 Å². The van der Waals surface area contributed by atoms with E-state index in [9.17, 15) is 24.9 Å². The Balaban J connectivity index is 1.85. The van der Waals surface area contributed by atoms with E-state index in [1.54, 1.807) is 0 Å². The van der Waals surface area contributed by atoms with E-state index >= 15 is 0 Å². The fraction of sp³-hybridized carbons (Fsp3) is 0.444. The van der Waals surface area contributed by atoms with Gasteiger partial charge >= 0.3 is 5.69 Å². The molecule has 4 atom stereocenters. The Hall–Kier alpha value is -2.30. The van der Waals surface area contributed by atoms with Crippen molar-refractivity contribution in [3.63, 3.8) is 0 Å². The molecule has 27 heavy (non-hydrogen) atoms. The van der Waals surface area contributed by atoms with Crippen molar-refractivity contribution in [1.29, 1.82) is 0 Å². The quantitative estimate of drug-likeness (QED) is 0.595. The average Bonchev–Trinajstić information content (AvgIpc) is 2.96. The molecule has 1 aromatic carbocycles. The number of aliphatic hydroxyl groups is 3. The van der Waals surface area contributed by atoms with Crippen molar-refractivity contribution in [2.45, 2.75) is 44.8 Å². The van der Waals surface area contributed by atoms with Crippen LogP contribution in [-0.4, -0.2) is 49.4 Å². The predicted molar refractivity (Wildman–Crippen MR) is 93.9 cm³/mol. The maximum atomic E-state index is 12.7. The highest BCUT2D eigenvalue weighted by molar-refractivity contribution is 5.13. The van der Waals surface area contributed by atoms with Crippen LogP contribution in [0.3, 0.4) is 0 Å². The van der Waals surface area contributed by atoms with Gasteiger partial charge in [-0.25, -0.2) is 9.36 Å². The lowest BCUT2D eigenvalue weighted by Gasteiger charge is -2.19. The van der Waals surface area contributed by atoms with Gasteiger partial charge in [0, 0.05) is 11.8 Å². The number of ether oxygens (including phenoxy) is 2. The molecule has 1 saturated heterocycles. The van der Waals surface area contributed by atoms with E-state index in [4.69, 9.17) is 9.47 Å². The molecule has 1 aliphatic heterocycles. The molecule has 1 fully saturated rings. The highest BCUT2D eigenvalue weighted by Gasteiger charge is 2.44. The molecule has 0 aliphatic carbocycles. The number of hydrogen-bond acceptors (Lipinski definition) is 7. The Kier molecular flexibility index (Phi) is 5.88. The minimum atomic E-state index is -1.42. The summed E-state index contributed by atoms with van der Waals surface area (Å²) in [5.74, 6) is 0. The third-order valence-corrected chi connectivity index (χ3v) is 4.49. The highest BCUT2D eigenvalue weighted by Crippen LogP contribution is 2.28. The minimum Gasteiger partial charge on any atom is -0.394 e. The Bertz CT molecular complexity index is 893. The van der Waals surface area contributed by atoms with Gasteiger partial charge in [0.1, 0.15) is 25.0 Å². The number of aliphatic hydroxyl groups excluding tert-OH is 3. The van der Waals surface area contributed by atoms with Gasteiger partial charge in [0.2, 0.25) is 0 Å². The van der Waals surface area contributed by atoms with Crippen molar-refractivity contribution >= 4 is 0 Å². The SMILES string of the molecule is Cc1cn([C@H]2O[C@@H](CO)C(O)C2O)c(=O)n(COCc2ccccc2)c1=O. The van der Waals surface area contributed by atoms with Crippen molar-refractivity contribution in [3.8, 4) is 0 Å². The molecule has 3 rings (SSSR count). The Morgan fingerprint density at radius 1 is 1.15 bits per heavy atom. The number of rotatable bonds is 6. The van der Waals surface area contributed by atoms with Gasteiger partial charge in [-0.05, 0) is 12.5 Å². The summed E-state index contributed by atoms with van der Waals surface area (Å²) in [5, 5.41) is 29.3. The largest absolute Gasteiger partial charge is 0.394 e. The van der Waals surface area contributed by atoms with Crippen LogP contribution in [0.2, 0.25) is 0 Å². The van der Waals surface area contributed by atoms with E-state index < -0.39 is 42.4 Å². The van der Waals surface area contributed by atoms with Crippen molar-refractivity contribution in [3.05, 3.63) is 68.5 Å². The molecule has 2 unspecified atom stereocenters. The molecular weight excluding hydrogens is 356 g/mol. The fourth-order valence-electron chi connectivity index (χ4n) is 2.99. The molecule has 2 aromatic rings. The molecule has 1 aromatic heterocycles. The first-order chi connectivity index (χ1) is 12.9. The van der Waals surface area contributed by atoms with E-state index in [-0.39, 0.29) is 18.9 Å². The third kappa shape index (κ3) is 3.87. The first-order valence-electron chi connectivity index (χ1n) is 8.50. The highest BCUT2D eigenvalue weighted by atomic mass is 16.6. The molecule has 1 aliphatic rings. The van der Waals surface area contributed by atoms with Gasteiger partial charge in [0.05, 0.1) is 13.2 Å². The van der Waals surface area contributed by atoms with Crippen LogP contribution in [0.4, 0.5) is 0 Å². The van der Waals surface area contributed by atoms with Crippen LogP contribution in [-0.2, 0) is 22.8 Å². The first kappa shape index (κ1) is 19.5. The molecule has 3 N–H and O–H groups in total. The average molecular weight is 378 g/mol. The van der Waals surface area contributed by atoms with Gasteiger partial charge in [0.25, 0.3) is 5.56 Å². The second-order valence-corrected chi connectivity index (χ2v) is 6.43. The zero-order chi connectivity index (χ0) is 19.6. The van der Waals surface area contributed by atoms with Crippen LogP contribution in [0.15, 0.2) is 46.1 Å². The van der Waals surface area contributed by atoms with Gasteiger partial charge in [-0.1, -0.05) is 30.3 Å². The summed E-state index contributed by atoms with van der Waals surface area (Å²) < 4.78 is 12.8. The number of aromatic nitrogens is 2. The molecule has 0 bridgehead atoms. The van der Waals surface area contributed by atoms with Crippen LogP contribution in [0.1, 0.15) is 17.4 Å². The van der Waals surface area contributed by atoms with E-state index in [1.165, 1.54) is 13.1 Å². The van der Waals surface area contributed by atoms with Gasteiger partial charge in [0.15, 0.2) is 6.23 Å². The molecule has 0 radical (unpaired) electrons. The van der Waals surface area contributed by atoms with E-state index in [0.29, 0.717) is 0 Å². The molecule has 0 saturated carbocycles. The Morgan fingerprint density at radius 2 is 1.85 bits per heavy atom. The van der Waals surface area contributed by atoms with Gasteiger partial charge in [-0.15, -0.1) is 0 Å². The van der Waals surface area contributed by atoms with E-state index in [1.807, 2.05) is 30.3 Å². The molecule has 2 heterocycles. The van der Waals surface area contributed by atoms with E-state index in [0.717, 1.165) is 14.7 Å². The summed E-state index contributed by atoms with van der Waals surface area (Å²) in [6, 6.07) is 9.29. The second kappa shape index (κ2) is 8.15. The van der Waals surface area contributed by atoms with Crippen LogP contribution >= 0.6 is 0 Å². The molecular formula is C18H22N2O7. The standard InChI is InChI=1S/C18H22N2O7/c1-11-7-19(17-15(23)14(22)13(8-21)27-17)18(25)20(16(11)24)10-26-9-12-5-3-2-4-6-12/h2-7,13-15,17,21-23H,8-10H2,1H3/t13-,14?,15?,17-/m0/s1. The normalized spacial score (nSPS) is 25.0. The van der Waals surface area contributed by atoms with Crippen LogP contribution < -0.4 is 11.2 Å². The summed E-state index contributed by atoms with van der Waals surface area (Å²) in [4.78, 5) is 25.1. The molecule has 9 nitrogen and oxygen atoms in total. The molecule has 0 amide bonds. The van der Waals surface area contributed by atoms with Crippen LogP contribution in [0.25, 0.3) is 0 Å². The molecule has 146 valence electrons. The Morgan fingerprint density at radius 3 is 2.48 bits per heavy atom. The molecule has 0 spiro atoms. The van der Waals surface area contributed by atoms with Gasteiger partial charge in [-0.2, -0.15) is 0 Å². The lowest BCUT2D eigenvalue weighted by atomic mass is 10.1. The predicted octanol–water partition coefficient (Wildman–Crippen LogP) is -0.896. The summed E-state index contributed by atoms with van der Waals surface area (Å²) in [5.41, 5.74) is -0.123. The Labute approximate surface area is 154 Å². The monoisotopic (exact) mass is 378 g/mol. The number of nitrogens with zero attached hydrogens (tertiary/aromatic N) is 2. The van der Waals surface area contributed by atoms with Crippen molar-refractivity contribution in [1.82, 2.24) is 9.13 Å². The minimum absolute atomic E-state index is 0.217. The van der Waals surface area contributed by atoms with Crippen molar-refractivity contribution in [2.24, 2.45) is 0 Å². The molecule has 9 heteroatoms. The van der Waals surface area contributed by atoms with Gasteiger partial charge < -0.3 is 24.8 Å². The number of benzene rings is 1. The lowest BCUT2D eigenvalue weighted by molar-refractivity contribution is -0.0567. The van der Waals surface area contributed by atoms with Crippen molar-refractivity contribution in [2.75, 3.05) is 6.61 Å². The second-order valence-electron chi connectivity index (χ2n) is 6.43. The maximum Gasteiger partial charge on any atom is 0.335 e. The van der Waals surface area contributed by atoms with Gasteiger partial charge in [-0.3, -0.25) is 9.36 Å². The zero-order valence-corrected chi connectivity index (χ0v) is 14.8. The first-order valence-corrected chi connectivity index (χ1v) is 8.50. The van der Waals surface area contributed by atoms with Crippen LogP contribution in [0.5, 0.6) is 0 Å². The fourth-order valence-corrected chi connectivity index (χ4v) is 2.99. The summed E-state index contributed by atoms with van der Waals surface area (Å²) in [6.07, 6.45) is -3.74. The topological polar surface area (TPSA) is 123 Å². The number of aryl methyl sites for hydroxylation is 1. The van der Waals surface area contributed by atoms with Crippen LogP contribution in [0, 0.1) is 6.92 Å². The maximum absolute atomic E-state index is 12.7. The smallest absolute Gasteiger partial charge is 0.335 e. The zero-order valence-electron chi connectivity index (χ0n) is 14.8. The number of hydrogen-bond donors (Lipinski definition) is 3. The summed E-state index contributed by atoms with van der Waals surface area (Å²) in [7, 11) is 0. The third-order valence-electron chi connectivity index (χ3n) is 4.49. The van der Waals surface area contributed by atoms with E-state index in [2.05, 4.69) is 0 Å². The summed E-state index contributed by atoms with van der Waals surface area (Å²) in [6.45, 7) is 0.951. The lowest BCUT2D eigenvalue weighted by Crippen LogP contribution is -2.44. The summed E-state index contributed by atoms with van der Waals surface area (Å²) >= 11 is 0.